The summed E-state index contributed by atoms with van der Waals surface area (Å²) in [6, 6.07) is 7.83. The molecule has 5 nitrogen and oxygen atoms in total. The van der Waals surface area contributed by atoms with Crippen molar-refractivity contribution in [2.24, 2.45) is 4.40 Å². The Bertz CT molecular complexity index is 836. The van der Waals surface area contributed by atoms with Crippen LogP contribution in [0, 0.1) is 0 Å². The number of hydrogen-bond donors (Lipinski definition) is 0. The Morgan fingerprint density at radius 3 is 2.57 bits per heavy atom. The summed E-state index contributed by atoms with van der Waals surface area (Å²) < 4.78 is 29.7. The van der Waals surface area contributed by atoms with Crippen LogP contribution in [0.2, 0.25) is 5.15 Å². The van der Waals surface area contributed by atoms with Crippen molar-refractivity contribution < 1.29 is 13.2 Å². The third kappa shape index (κ3) is 3.31. The summed E-state index contributed by atoms with van der Waals surface area (Å²) in [4.78, 5) is 11.4. The molecule has 0 aliphatic carbocycles. The first kappa shape index (κ1) is 15.7. The van der Waals surface area contributed by atoms with Crippen LogP contribution in [0.5, 0.6) is 0 Å². The first-order valence-electron chi connectivity index (χ1n) is 5.81. The van der Waals surface area contributed by atoms with Crippen molar-refractivity contribution in [1.82, 2.24) is 4.57 Å². The Balaban J connectivity index is 2.65. The van der Waals surface area contributed by atoms with Crippen molar-refractivity contribution in [1.29, 1.82) is 0 Å². The monoisotopic (exact) mass is 342 g/mol. The summed E-state index contributed by atoms with van der Waals surface area (Å²) in [5.74, 6) is 0. The summed E-state index contributed by atoms with van der Waals surface area (Å²) in [7, 11) is -3.86. The van der Waals surface area contributed by atoms with E-state index in [-0.39, 0.29) is 26.3 Å². The Kier molecular flexibility index (Phi) is 4.76. The summed E-state index contributed by atoms with van der Waals surface area (Å²) in [6.45, 7) is 3.83. The molecule has 0 aliphatic rings. The highest BCUT2D eigenvalue weighted by atomic mass is 35.5. The second kappa shape index (κ2) is 6.38. The lowest BCUT2D eigenvalue weighted by Gasteiger charge is -2.00. The van der Waals surface area contributed by atoms with Gasteiger partial charge in [0.15, 0.2) is 6.29 Å². The largest absolute Gasteiger partial charge is 0.302 e. The molecule has 0 bridgehead atoms. The molecule has 8 heteroatoms. The molecule has 0 saturated heterocycles. The fourth-order valence-corrected chi connectivity index (χ4v) is 4.02. The minimum atomic E-state index is -3.86. The van der Waals surface area contributed by atoms with Gasteiger partial charge in [0, 0.05) is 6.54 Å². The highest BCUT2D eigenvalue weighted by Gasteiger charge is 2.15. The van der Waals surface area contributed by atoms with Gasteiger partial charge in [-0.25, -0.2) is 0 Å². The van der Waals surface area contributed by atoms with Crippen molar-refractivity contribution in [2.45, 2.75) is 11.4 Å². The maximum absolute atomic E-state index is 12.2. The molecule has 1 heterocycles. The predicted octanol–water partition coefficient (Wildman–Crippen LogP) is 2.49. The molecule has 1 aromatic heterocycles. The van der Waals surface area contributed by atoms with Gasteiger partial charge < -0.3 is 4.57 Å². The lowest BCUT2D eigenvalue weighted by atomic mass is 10.4. The van der Waals surface area contributed by atoms with E-state index >= 15 is 0 Å². The Morgan fingerprint density at radius 2 is 2.00 bits per heavy atom. The van der Waals surface area contributed by atoms with Crippen LogP contribution in [0.4, 0.5) is 0 Å². The third-order valence-corrected chi connectivity index (χ3v) is 5.45. The Labute approximate surface area is 130 Å². The van der Waals surface area contributed by atoms with Crippen LogP contribution in [0.25, 0.3) is 0 Å². The lowest BCUT2D eigenvalue weighted by Crippen LogP contribution is -2.16. The van der Waals surface area contributed by atoms with Crippen molar-refractivity contribution in [3.63, 3.8) is 0 Å². The number of rotatable bonds is 5. The van der Waals surface area contributed by atoms with E-state index in [0.717, 1.165) is 11.3 Å². The zero-order valence-corrected chi connectivity index (χ0v) is 13.2. The van der Waals surface area contributed by atoms with Gasteiger partial charge in [0.05, 0.1) is 4.90 Å². The van der Waals surface area contributed by atoms with E-state index in [2.05, 4.69) is 11.0 Å². The highest BCUT2D eigenvalue weighted by Crippen LogP contribution is 2.18. The number of sulfonamides is 1. The third-order valence-electron chi connectivity index (χ3n) is 2.53. The zero-order valence-electron chi connectivity index (χ0n) is 10.8. The fourth-order valence-electron chi connectivity index (χ4n) is 1.59. The number of aldehydes is 1. The summed E-state index contributed by atoms with van der Waals surface area (Å²) in [5, 5.41) is 0.150. The number of nitrogens with zero attached hydrogens (tertiary/aromatic N) is 2. The highest BCUT2D eigenvalue weighted by molar-refractivity contribution is 7.90. The molecule has 0 unspecified atom stereocenters. The van der Waals surface area contributed by atoms with Gasteiger partial charge in [-0.15, -0.1) is 11.0 Å². The molecule has 0 aliphatic heterocycles. The first-order chi connectivity index (χ1) is 9.99. The van der Waals surface area contributed by atoms with Gasteiger partial charge in [0.1, 0.15) is 10.0 Å². The number of allylic oxidation sites excluding steroid dienone is 1. The predicted molar refractivity (Wildman–Crippen MR) is 82.1 cm³/mol. The molecule has 0 spiro atoms. The van der Waals surface area contributed by atoms with Gasteiger partial charge in [-0.05, 0) is 12.1 Å². The summed E-state index contributed by atoms with van der Waals surface area (Å²) in [5.41, 5.74) is 0. The molecule has 0 atom stereocenters. The molecule has 0 saturated carbocycles. The van der Waals surface area contributed by atoms with Crippen LogP contribution < -0.4 is 4.80 Å². The van der Waals surface area contributed by atoms with Gasteiger partial charge in [0.2, 0.25) is 4.80 Å². The lowest BCUT2D eigenvalue weighted by molar-refractivity contribution is 0.112. The maximum atomic E-state index is 12.2. The van der Waals surface area contributed by atoms with Gasteiger partial charge in [0.25, 0.3) is 10.0 Å². The number of aromatic nitrogens is 1. The number of carbonyl (C=O) groups excluding carboxylic acids is 1. The van der Waals surface area contributed by atoms with Crippen molar-refractivity contribution in [3.05, 3.63) is 57.8 Å². The van der Waals surface area contributed by atoms with E-state index in [0.29, 0.717) is 6.29 Å². The van der Waals surface area contributed by atoms with Crippen LogP contribution in [-0.2, 0) is 16.6 Å². The first-order valence-corrected chi connectivity index (χ1v) is 8.44. The van der Waals surface area contributed by atoms with Crippen LogP contribution in [-0.4, -0.2) is 19.3 Å². The summed E-state index contributed by atoms with van der Waals surface area (Å²) >= 11 is 6.94. The molecule has 0 fully saturated rings. The van der Waals surface area contributed by atoms with Crippen molar-refractivity contribution in [3.8, 4) is 0 Å². The van der Waals surface area contributed by atoms with Crippen LogP contribution >= 0.6 is 22.9 Å². The summed E-state index contributed by atoms with van der Waals surface area (Å²) in [6.07, 6.45) is 2.11. The topological polar surface area (TPSA) is 68.5 Å². The van der Waals surface area contributed by atoms with E-state index in [1.165, 1.54) is 16.7 Å². The molecule has 0 N–H and O–H groups in total. The van der Waals surface area contributed by atoms with Crippen LogP contribution in [0.1, 0.15) is 9.67 Å². The van der Waals surface area contributed by atoms with E-state index in [1.807, 2.05) is 0 Å². The number of halogens is 1. The molecule has 2 rings (SSSR count). The zero-order chi connectivity index (χ0) is 15.5. The standard InChI is InChI=1S/C13H11ClN2O3S2/c1-2-8-16-12(14)11(9-17)20-13(16)15-21(18,19)10-6-4-3-5-7-10/h2-7,9H,1,8H2. The molecule has 1 aromatic carbocycles. The number of benzene rings is 1. The van der Waals surface area contributed by atoms with Crippen molar-refractivity contribution >= 4 is 39.2 Å². The quantitative estimate of drug-likeness (QED) is 0.619. The second-order valence-electron chi connectivity index (χ2n) is 3.94. The molecular weight excluding hydrogens is 332 g/mol. The average molecular weight is 343 g/mol. The van der Waals surface area contributed by atoms with Crippen LogP contribution in [0.15, 0.2) is 52.3 Å². The molecule has 0 radical (unpaired) electrons. The van der Waals surface area contributed by atoms with E-state index in [1.54, 1.807) is 24.3 Å². The van der Waals surface area contributed by atoms with E-state index in [4.69, 9.17) is 11.6 Å². The minimum absolute atomic E-state index is 0.0762. The van der Waals surface area contributed by atoms with Gasteiger partial charge in [-0.3, -0.25) is 4.79 Å². The smallest absolute Gasteiger partial charge is 0.285 e. The SMILES string of the molecule is C=CCn1c(Cl)c(C=O)sc1=NS(=O)(=O)c1ccccc1. The van der Waals surface area contributed by atoms with Gasteiger partial charge >= 0.3 is 0 Å². The molecular formula is C13H11ClN2O3S2. The number of thiazole rings is 1. The Morgan fingerprint density at radius 1 is 1.33 bits per heavy atom. The number of carbonyl (C=O) groups is 1. The maximum Gasteiger partial charge on any atom is 0.285 e. The second-order valence-corrected chi connectivity index (χ2v) is 6.91. The van der Waals surface area contributed by atoms with E-state index < -0.39 is 10.0 Å². The normalized spacial score (nSPS) is 12.3. The minimum Gasteiger partial charge on any atom is -0.302 e. The van der Waals surface area contributed by atoms with Crippen LogP contribution in [0.3, 0.4) is 0 Å². The molecule has 2 aromatic rings. The van der Waals surface area contributed by atoms with Gasteiger partial charge in [-0.1, -0.05) is 47.2 Å². The molecule has 110 valence electrons. The van der Waals surface area contributed by atoms with Gasteiger partial charge in [-0.2, -0.15) is 8.42 Å². The Hall–Kier alpha value is -1.70. The van der Waals surface area contributed by atoms with Crippen molar-refractivity contribution in [2.75, 3.05) is 0 Å². The molecule has 21 heavy (non-hydrogen) atoms. The fraction of sp³-hybridized carbons (Fsp3) is 0.0769. The average Bonchev–Trinajstić information content (AvgIpc) is 2.76. The number of hydrogen-bond acceptors (Lipinski definition) is 4. The molecule has 0 amide bonds. The van der Waals surface area contributed by atoms with E-state index in [9.17, 15) is 13.2 Å².